The average Bonchev–Trinajstić information content (AvgIpc) is 2.86. The number of benzene rings is 1. The van der Waals surface area contributed by atoms with Crippen molar-refractivity contribution in [2.75, 3.05) is 0 Å². The van der Waals surface area contributed by atoms with E-state index in [2.05, 4.69) is 11.2 Å². The van der Waals surface area contributed by atoms with E-state index in [1.165, 1.54) is 0 Å². The van der Waals surface area contributed by atoms with Gasteiger partial charge in [-0.2, -0.15) is 10.4 Å². The van der Waals surface area contributed by atoms with Gasteiger partial charge in [0, 0.05) is 11.8 Å². The molecule has 94 valence electrons. The van der Waals surface area contributed by atoms with Gasteiger partial charge in [0.25, 0.3) is 0 Å². The summed E-state index contributed by atoms with van der Waals surface area (Å²) in [7, 11) is 0. The molecule has 1 fully saturated rings. The van der Waals surface area contributed by atoms with Gasteiger partial charge in [0.05, 0.1) is 18.0 Å². The molecule has 0 spiro atoms. The fraction of sp³-hybridized carbons (Fsp3) is 0.267. The number of allylic oxidation sites excluding steroid dienone is 1. The Morgan fingerprint density at radius 3 is 2.89 bits per heavy atom. The predicted molar refractivity (Wildman–Crippen MR) is 71.5 cm³/mol. The number of Topliss-reactive ketones (excluding diaryl/α,β-unsaturated/α-hetero) is 1. The fourth-order valence-corrected chi connectivity index (χ4v) is 2.69. The molecule has 2 aliphatic rings. The summed E-state index contributed by atoms with van der Waals surface area (Å²) >= 11 is 0. The van der Waals surface area contributed by atoms with Crippen molar-refractivity contribution in [2.45, 2.75) is 18.5 Å². The lowest BCUT2D eigenvalue weighted by Gasteiger charge is -2.26. The minimum absolute atomic E-state index is 0.0378. The first kappa shape index (κ1) is 11.7. The number of fused-ring (bicyclic) bond motifs is 1. The second kappa shape index (κ2) is 4.69. The lowest BCUT2D eigenvalue weighted by atomic mass is 9.97. The number of rotatable bonds is 2. The smallest absolute Gasteiger partial charge is 0.186 e. The van der Waals surface area contributed by atoms with Crippen molar-refractivity contribution >= 4 is 12.0 Å². The Labute approximate surface area is 111 Å². The van der Waals surface area contributed by atoms with Crippen molar-refractivity contribution in [1.29, 1.82) is 5.26 Å². The highest BCUT2D eigenvalue weighted by Gasteiger charge is 2.43. The van der Waals surface area contributed by atoms with E-state index in [-0.39, 0.29) is 23.8 Å². The highest BCUT2D eigenvalue weighted by Crippen LogP contribution is 2.33. The van der Waals surface area contributed by atoms with Crippen LogP contribution in [0.5, 0.6) is 0 Å². The van der Waals surface area contributed by atoms with Gasteiger partial charge in [-0.1, -0.05) is 36.4 Å². The molecule has 0 saturated carbocycles. The maximum atomic E-state index is 12.5. The van der Waals surface area contributed by atoms with Crippen molar-refractivity contribution in [1.82, 2.24) is 5.01 Å². The van der Waals surface area contributed by atoms with E-state index in [1.54, 1.807) is 23.4 Å². The van der Waals surface area contributed by atoms with Crippen molar-refractivity contribution in [2.24, 2.45) is 11.0 Å². The molecule has 0 unspecified atom stereocenters. The van der Waals surface area contributed by atoms with Crippen LogP contribution in [0.2, 0.25) is 0 Å². The monoisotopic (exact) mass is 251 g/mol. The van der Waals surface area contributed by atoms with Crippen LogP contribution in [0.4, 0.5) is 0 Å². The first-order valence-corrected chi connectivity index (χ1v) is 6.29. The van der Waals surface area contributed by atoms with Gasteiger partial charge in [-0.25, -0.2) is 0 Å². The Morgan fingerprint density at radius 2 is 2.16 bits per heavy atom. The maximum Gasteiger partial charge on any atom is 0.186 e. The molecule has 4 nitrogen and oxygen atoms in total. The largest absolute Gasteiger partial charge is 0.292 e. The number of hydrogen-bond acceptors (Lipinski definition) is 4. The van der Waals surface area contributed by atoms with E-state index in [1.807, 2.05) is 30.4 Å². The molecule has 0 radical (unpaired) electrons. The Balaban J connectivity index is 1.90. The van der Waals surface area contributed by atoms with Crippen LogP contribution in [-0.4, -0.2) is 29.1 Å². The van der Waals surface area contributed by atoms with E-state index in [4.69, 9.17) is 0 Å². The number of ketones is 1. The molecule has 0 aromatic heterocycles. The third-order valence-electron chi connectivity index (χ3n) is 3.64. The van der Waals surface area contributed by atoms with Crippen molar-refractivity contribution < 1.29 is 4.79 Å². The zero-order valence-corrected chi connectivity index (χ0v) is 10.3. The van der Waals surface area contributed by atoms with E-state index < -0.39 is 0 Å². The van der Waals surface area contributed by atoms with Gasteiger partial charge in [0.2, 0.25) is 0 Å². The normalized spacial score (nSPS) is 27.9. The van der Waals surface area contributed by atoms with E-state index in [0.29, 0.717) is 12.0 Å². The lowest BCUT2D eigenvalue weighted by Crippen LogP contribution is -2.37. The average molecular weight is 251 g/mol. The van der Waals surface area contributed by atoms with Crippen molar-refractivity contribution in [3.8, 4) is 6.07 Å². The maximum absolute atomic E-state index is 12.5. The zero-order valence-electron chi connectivity index (χ0n) is 10.3. The Morgan fingerprint density at radius 1 is 1.37 bits per heavy atom. The van der Waals surface area contributed by atoms with E-state index in [9.17, 15) is 10.1 Å². The van der Waals surface area contributed by atoms with Crippen LogP contribution in [0.3, 0.4) is 0 Å². The standard InChI is InChI=1S/C15H13N3O/c16-10-12-9-14(18-13(12)7-4-8-17-18)15(19)11-5-2-1-3-6-11/h1-8,12-14H,9H2/t12-,13-,14-/m0/s1. The number of carbonyl (C=O) groups is 1. The third kappa shape index (κ3) is 1.93. The Kier molecular flexibility index (Phi) is 2.88. The van der Waals surface area contributed by atoms with Crippen LogP contribution in [0, 0.1) is 17.2 Å². The molecule has 3 rings (SSSR count). The first-order valence-electron chi connectivity index (χ1n) is 6.29. The molecular weight excluding hydrogens is 238 g/mol. The molecule has 0 aliphatic carbocycles. The van der Waals surface area contributed by atoms with Crippen LogP contribution in [0.1, 0.15) is 16.8 Å². The molecular formula is C15H13N3O. The summed E-state index contributed by atoms with van der Waals surface area (Å²) in [5, 5.41) is 15.2. The quantitative estimate of drug-likeness (QED) is 0.755. The lowest BCUT2D eigenvalue weighted by molar-refractivity contribution is 0.0853. The van der Waals surface area contributed by atoms with E-state index >= 15 is 0 Å². The molecule has 2 aliphatic heterocycles. The number of hydrogen-bond donors (Lipinski definition) is 0. The fourth-order valence-electron chi connectivity index (χ4n) is 2.69. The second-order valence-corrected chi connectivity index (χ2v) is 4.74. The molecule has 0 bridgehead atoms. The molecule has 4 heteroatoms. The first-order chi connectivity index (χ1) is 9.31. The van der Waals surface area contributed by atoms with Crippen LogP contribution < -0.4 is 0 Å². The van der Waals surface area contributed by atoms with Gasteiger partial charge in [0.1, 0.15) is 6.04 Å². The summed E-state index contributed by atoms with van der Waals surface area (Å²) in [5.41, 5.74) is 0.676. The Bertz CT molecular complexity index is 585. The van der Waals surface area contributed by atoms with E-state index in [0.717, 1.165) is 0 Å². The SMILES string of the molecule is N#C[C@@H]1C[C@@H](C(=O)c2ccccc2)N2N=CC=C[C@@H]12. The predicted octanol–water partition coefficient (Wildman–Crippen LogP) is 2.01. The third-order valence-corrected chi connectivity index (χ3v) is 3.64. The molecule has 3 atom stereocenters. The van der Waals surface area contributed by atoms with Gasteiger partial charge in [-0.05, 0) is 12.5 Å². The zero-order chi connectivity index (χ0) is 13.2. The second-order valence-electron chi connectivity index (χ2n) is 4.74. The van der Waals surface area contributed by atoms with Gasteiger partial charge >= 0.3 is 0 Å². The van der Waals surface area contributed by atoms with Gasteiger partial charge < -0.3 is 0 Å². The summed E-state index contributed by atoms with van der Waals surface area (Å²) in [4.78, 5) is 12.5. The number of nitriles is 1. The van der Waals surface area contributed by atoms with Crippen LogP contribution in [0.25, 0.3) is 0 Å². The minimum atomic E-state index is -0.335. The molecule has 1 aromatic rings. The van der Waals surface area contributed by atoms with Crippen molar-refractivity contribution in [3.05, 3.63) is 48.0 Å². The topological polar surface area (TPSA) is 56.5 Å². The number of hydrazone groups is 1. The summed E-state index contributed by atoms with van der Waals surface area (Å²) in [6.07, 6.45) is 5.98. The van der Waals surface area contributed by atoms with Gasteiger partial charge in [-0.15, -0.1) is 0 Å². The van der Waals surface area contributed by atoms with Gasteiger partial charge in [-0.3, -0.25) is 9.80 Å². The summed E-state index contributed by atoms with van der Waals surface area (Å²) < 4.78 is 0. The molecule has 19 heavy (non-hydrogen) atoms. The van der Waals surface area contributed by atoms with Crippen LogP contribution >= 0.6 is 0 Å². The molecule has 0 amide bonds. The highest BCUT2D eigenvalue weighted by molar-refractivity contribution is 6.00. The van der Waals surface area contributed by atoms with Gasteiger partial charge in [0.15, 0.2) is 5.78 Å². The van der Waals surface area contributed by atoms with Crippen LogP contribution in [0.15, 0.2) is 47.6 Å². The molecule has 1 saturated heterocycles. The highest BCUT2D eigenvalue weighted by atomic mass is 16.1. The van der Waals surface area contributed by atoms with Crippen molar-refractivity contribution in [3.63, 3.8) is 0 Å². The Hall–Kier alpha value is -2.41. The molecule has 2 heterocycles. The molecule has 0 N–H and O–H groups in total. The number of nitrogens with zero attached hydrogens (tertiary/aromatic N) is 3. The summed E-state index contributed by atoms with van der Waals surface area (Å²) in [6, 6.07) is 11.1. The summed E-state index contributed by atoms with van der Waals surface area (Å²) in [6.45, 7) is 0. The molecule has 1 aromatic carbocycles. The summed E-state index contributed by atoms with van der Waals surface area (Å²) in [5.74, 6) is -0.137. The number of carbonyl (C=O) groups excluding carboxylic acids is 1. The van der Waals surface area contributed by atoms with Crippen LogP contribution in [-0.2, 0) is 0 Å². The minimum Gasteiger partial charge on any atom is -0.292 e.